The minimum absolute atomic E-state index is 0.0672. The molecule has 1 aliphatic rings. The number of benzene rings is 1. The van der Waals surface area contributed by atoms with Gasteiger partial charge in [0.15, 0.2) is 0 Å². The zero-order chi connectivity index (χ0) is 15.1. The van der Waals surface area contributed by atoms with Crippen molar-refractivity contribution in [1.82, 2.24) is 10.6 Å². The van der Waals surface area contributed by atoms with E-state index in [0.717, 1.165) is 24.3 Å². The first-order valence-corrected chi connectivity index (χ1v) is 7.73. The quantitative estimate of drug-likeness (QED) is 0.871. The van der Waals surface area contributed by atoms with Crippen LogP contribution in [-0.2, 0) is 16.0 Å². The molecule has 2 amide bonds. The van der Waals surface area contributed by atoms with Gasteiger partial charge in [-0.25, -0.2) is 0 Å². The molecule has 0 bridgehead atoms. The molecule has 0 spiro atoms. The van der Waals surface area contributed by atoms with E-state index in [2.05, 4.69) is 17.6 Å². The monoisotopic (exact) mass is 288 g/mol. The standard InChI is InChI=1S/C17H24N2O2/c1-13-7-9-15(10-8-13)19-17(21)12-18-16(20)11-14-5-3-2-4-6-14/h2-6,13,15H,7-12H2,1H3,(H,18,20)(H,19,21). The molecule has 0 heterocycles. The summed E-state index contributed by atoms with van der Waals surface area (Å²) < 4.78 is 0. The van der Waals surface area contributed by atoms with Crippen LogP contribution in [0.2, 0.25) is 0 Å². The second-order valence-electron chi connectivity index (χ2n) is 5.96. The molecule has 2 N–H and O–H groups in total. The Morgan fingerprint density at radius 2 is 1.71 bits per heavy atom. The van der Waals surface area contributed by atoms with E-state index in [-0.39, 0.29) is 24.4 Å². The molecule has 114 valence electrons. The molecule has 0 unspecified atom stereocenters. The van der Waals surface area contributed by atoms with Gasteiger partial charge in [0.05, 0.1) is 13.0 Å². The average molecular weight is 288 g/mol. The van der Waals surface area contributed by atoms with Crippen molar-refractivity contribution in [2.24, 2.45) is 5.92 Å². The van der Waals surface area contributed by atoms with Gasteiger partial charge < -0.3 is 10.6 Å². The molecule has 1 aromatic carbocycles. The summed E-state index contributed by atoms with van der Waals surface area (Å²) in [5.41, 5.74) is 0.955. The van der Waals surface area contributed by atoms with Crippen molar-refractivity contribution in [3.05, 3.63) is 35.9 Å². The van der Waals surface area contributed by atoms with Crippen molar-refractivity contribution in [3.63, 3.8) is 0 Å². The number of carbonyl (C=O) groups excluding carboxylic acids is 2. The molecule has 4 heteroatoms. The first kappa shape index (κ1) is 15.5. The molecule has 0 atom stereocenters. The van der Waals surface area contributed by atoms with Crippen LogP contribution in [0.4, 0.5) is 0 Å². The summed E-state index contributed by atoms with van der Waals surface area (Å²) in [6, 6.07) is 9.81. The van der Waals surface area contributed by atoms with Crippen molar-refractivity contribution in [3.8, 4) is 0 Å². The summed E-state index contributed by atoms with van der Waals surface area (Å²) in [4.78, 5) is 23.6. The van der Waals surface area contributed by atoms with Crippen molar-refractivity contribution in [2.75, 3.05) is 6.54 Å². The summed E-state index contributed by atoms with van der Waals surface area (Å²) >= 11 is 0. The van der Waals surface area contributed by atoms with Crippen LogP contribution in [0.1, 0.15) is 38.2 Å². The van der Waals surface area contributed by atoms with Crippen molar-refractivity contribution in [1.29, 1.82) is 0 Å². The molecule has 0 aliphatic heterocycles. The maximum atomic E-state index is 11.8. The van der Waals surface area contributed by atoms with Crippen LogP contribution in [0.5, 0.6) is 0 Å². The predicted molar refractivity (Wildman–Crippen MR) is 82.7 cm³/mol. The third-order valence-electron chi connectivity index (χ3n) is 4.03. The van der Waals surface area contributed by atoms with Gasteiger partial charge in [-0.3, -0.25) is 9.59 Å². The lowest BCUT2D eigenvalue weighted by atomic mass is 9.87. The van der Waals surface area contributed by atoms with Crippen LogP contribution >= 0.6 is 0 Å². The Hall–Kier alpha value is -1.84. The fraction of sp³-hybridized carbons (Fsp3) is 0.529. The van der Waals surface area contributed by atoms with Crippen LogP contribution in [0.3, 0.4) is 0 Å². The van der Waals surface area contributed by atoms with Crippen molar-refractivity contribution < 1.29 is 9.59 Å². The highest BCUT2D eigenvalue weighted by Crippen LogP contribution is 2.23. The summed E-state index contributed by atoms with van der Waals surface area (Å²) in [5, 5.41) is 5.68. The second kappa shape index (κ2) is 7.81. The number of carbonyl (C=O) groups is 2. The highest BCUT2D eigenvalue weighted by molar-refractivity contribution is 5.85. The lowest BCUT2D eigenvalue weighted by Gasteiger charge is -2.26. The summed E-state index contributed by atoms with van der Waals surface area (Å²) in [6.45, 7) is 2.32. The zero-order valence-corrected chi connectivity index (χ0v) is 12.6. The second-order valence-corrected chi connectivity index (χ2v) is 5.96. The van der Waals surface area contributed by atoms with E-state index in [1.807, 2.05) is 30.3 Å². The Kier molecular flexibility index (Phi) is 5.78. The van der Waals surface area contributed by atoms with Crippen molar-refractivity contribution >= 4 is 11.8 Å². The summed E-state index contributed by atoms with van der Waals surface area (Å²) in [5.74, 6) is 0.563. The normalized spacial score (nSPS) is 21.6. The van der Waals surface area contributed by atoms with Crippen LogP contribution in [0, 0.1) is 5.92 Å². The van der Waals surface area contributed by atoms with Crippen LogP contribution in [-0.4, -0.2) is 24.4 Å². The predicted octanol–water partition coefficient (Wildman–Crippen LogP) is 2.04. The molecular formula is C17H24N2O2. The number of hydrogen-bond acceptors (Lipinski definition) is 2. The van der Waals surface area contributed by atoms with E-state index in [4.69, 9.17) is 0 Å². The minimum Gasteiger partial charge on any atom is -0.352 e. The highest BCUT2D eigenvalue weighted by Gasteiger charge is 2.19. The number of amides is 2. The summed E-state index contributed by atoms with van der Waals surface area (Å²) in [7, 11) is 0. The van der Waals surface area contributed by atoms with Gasteiger partial charge in [0.1, 0.15) is 0 Å². The molecular weight excluding hydrogens is 264 g/mol. The Morgan fingerprint density at radius 3 is 2.38 bits per heavy atom. The van der Waals surface area contributed by atoms with E-state index in [0.29, 0.717) is 6.42 Å². The van der Waals surface area contributed by atoms with E-state index in [1.54, 1.807) is 0 Å². The summed E-state index contributed by atoms with van der Waals surface area (Å²) in [6.07, 6.45) is 4.75. The van der Waals surface area contributed by atoms with Gasteiger partial charge in [0.2, 0.25) is 11.8 Å². The fourth-order valence-electron chi connectivity index (χ4n) is 2.71. The maximum Gasteiger partial charge on any atom is 0.239 e. The molecule has 1 fully saturated rings. The van der Waals surface area contributed by atoms with Crippen molar-refractivity contribution in [2.45, 2.75) is 45.1 Å². The number of hydrogen-bond donors (Lipinski definition) is 2. The Bertz CT molecular complexity index is 465. The maximum absolute atomic E-state index is 11.8. The Balaban J connectivity index is 1.65. The van der Waals surface area contributed by atoms with Gasteiger partial charge in [-0.1, -0.05) is 37.3 Å². The van der Waals surface area contributed by atoms with Gasteiger partial charge in [-0.2, -0.15) is 0 Å². The molecule has 21 heavy (non-hydrogen) atoms. The third-order valence-corrected chi connectivity index (χ3v) is 4.03. The van der Waals surface area contributed by atoms with Crippen LogP contribution < -0.4 is 10.6 Å². The third kappa shape index (κ3) is 5.58. The first-order valence-electron chi connectivity index (χ1n) is 7.73. The fourth-order valence-corrected chi connectivity index (χ4v) is 2.71. The molecule has 4 nitrogen and oxygen atoms in total. The largest absolute Gasteiger partial charge is 0.352 e. The lowest BCUT2D eigenvalue weighted by molar-refractivity contribution is -0.126. The van der Waals surface area contributed by atoms with Gasteiger partial charge in [0, 0.05) is 6.04 Å². The topological polar surface area (TPSA) is 58.2 Å². The Morgan fingerprint density at radius 1 is 1.05 bits per heavy atom. The molecule has 0 radical (unpaired) electrons. The first-order chi connectivity index (χ1) is 10.1. The molecule has 0 aromatic heterocycles. The number of rotatable bonds is 5. The van der Waals surface area contributed by atoms with E-state index >= 15 is 0 Å². The van der Waals surface area contributed by atoms with E-state index < -0.39 is 0 Å². The van der Waals surface area contributed by atoms with Gasteiger partial charge in [0.25, 0.3) is 0 Å². The molecule has 0 saturated heterocycles. The van der Waals surface area contributed by atoms with Gasteiger partial charge in [-0.05, 0) is 37.2 Å². The smallest absolute Gasteiger partial charge is 0.239 e. The van der Waals surface area contributed by atoms with E-state index in [9.17, 15) is 9.59 Å². The lowest BCUT2D eigenvalue weighted by Crippen LogP contribution is -2.43. The molecule has 1 saturated carbocycles. The molecule has 1 aromatic rings. The minimum atomic E-state index is -0.117. The SMILES string of the molecule is CC1CCC(NC(=O)CNC(=O)Cc2ccccc2)CC1. The van der Waals surface area contributed by atoms with Gasteiger partial charge in [-0.15, -0.1) is 0 Å². The zero-order valence-electron chi connectivity index (χ0n) is 12.6. The molecule has 2 rings (SSSR count). The Labute approximate surface area is 126 Å². The number of nitrogens with one attached hydrogen (secondary N) is 2. The van der Waals surface area contributed by atoms with E-state index in [1.165, 1.54) is 12.8 Å². The molecule has 1 aliphatic carbocycles. The van der Waals surface area contributed by atoms with Crippen LogP contribution in [0.25, 0.3) is 0 Å². The highest BCUT2D eigenvalue weighted by atomic mass is 16.2. The van der Waals surface area contributed by atoms with Crippen LogP contribution in [0.15, 0.2) is 30.3 Å². The van der Waals surface area contributed by atoms with Gasteiger partial charge >= 0.3 is 0 Å². The average Bonchev–Trinajstić information content (AvgIpc) is 2.49.